The number of aliphatic hydroxyl groups excluding tert-OH is 2. The highest BCUT2D eigenvalue weighted by atomic mass is 16.5. The summed E-state index contributed by atoms with van der Waals surface area (Å²) in [5.74, 6) is -1.71. The predicted octanol–water partition coefficient (Wildman–Crippen LogP) is 0.280. The molecule has 1 rings (SSSR count). The number of benzene rings is 1. The van der Waals surface area contributed by atoms with Crippen LogP contribution >= 0.6 is 0 Å². The smallest absolute Gasteiger partial charge is 0.338 e. The normalized spacial score (nSPS) is 13.3. The fourth-order valence-electron chi connectivity index (χ4n) is 1.83. The zero-order valence-corrected chi connectivity index (χ0v) is 11.8. The number of hydrogen-bond acceptors (Lipinski definition) is 6. The first kappa shape index (κ1) is 16.9. The molecule has 21 heavy (non-hydrogen) atoms. The van der Waals surface area contributed by atoms with Crippen LogP contribution < -0.4 is 4.74 Å². The van der Waals surface area contributed by atoms with Crippen LogP contribution in [0.25, 0.3) is 0 Å². The van der Waals surface area contributed by atoms with Gasteiger partial charge in [0, 0.05) is 0 Å². The maximum Gasteiger partial charge on any atom is 0.338 e. The van der Waals surface area contributed by atoms with Gasteiger partial charge < -0.3 is 24.8 Å². The number of carbonyl (C=O) groups excluding carboxylic acids is 1. The Morgan fingerprint density at radius 3 is 2.48 bits per heavy atom. The van der Waals surface area contributed by atoms with Gasteiger partial charge in [-0.15, -0.1) is 0 Å². The minimum Gasteiger partial charge on any atom is -0.497 e. The third-order valence-electron chi connectivity index (χ3n) is 2.84. The molecule has 0 aliphatic rings. The summed E-state index contributed by atoms with van der Waals surface area (Å²) < 4.78 is 9.62. The van der Waals surface area contributed by atoms with Gasteiger partial charge in [0.05, 0.1) is 20.1 Å². The number of carboxylic acids is 1. The van der Waals surface area contributed by atoms with Gasteiger partial charge in [0.2, 0.25) is 0 Å². The van der Waals surface area contributed by atoms with Crippen LogP contribution in [-0.4, -0.2) is 47.1 Å². The zero-order chi connectivity index (χ0) is 16.0. The van der Waals surface area contributed by atoms with Gasteiger partial charge in [0.25, 0.3) is 0 Å². The Bertz CT molecular complexity index is 512. The number of carbonyl (C=O) groups is 2. The molecule has 2 atom stereocenters. The number of ether oxygens (including phenoxy) is 2. The van der Waals surface area contributed by atoms with Crippen molar-refractivity contribution in [2.45, 2.75) is 25.6 Å². The molecule has 7 heteroatoms. The van der Waals surface area contributed by atoms with Crippen molar-refractivity contribution in [2.24, 2.45) is 0 Å². The first-order valence-electron chi connectivity index (χ1n) is 6.32. The van der Waals surface area contributed by atoms with E-state index in [2.05, 4.69) is 4.74 Å². The summed E-state index contributed by atoms with van der Waals surface area (Å²) in [4.78, 5) is 22.3. The number of rotatable bonds is 7. The second-order valence-corrected chi connectivity index (χ2v) is 4.28. The van der Waals surface area contributed by atoms with Crippen molar-refractivity contribution in [2.75, 3.05) is 13.7 Å². The molecule has 0 amide bonds. The van der Waals surface area contributed by atoms with Gasteiger partial charge in [-0.3, -0.25) is 4.79 Å². The Morgan fingerprint density at radius 2 is 1.95 bits per heavy atom. The van der Waals surface area contributed by atoms with E-state index in [9.17, 15) is 19.8 Å². The van der Waals surface area contributed by atoms with E-state index in [0.717, 1.165) is 0 Å². The standard InChI is InChI=1S/C14H18O7/c1-3-21-14(19)13(18)12(17)10-7-9(20-2)5-4-8(10)6-11(15)16/h4-5,7,12-13,17-18H,3,6H2,1-2H3,(H,15,16). The molecule has 0 heterocycles. The van der Waals surface area contributed by atoms with Crippen molar-refractivity contribution in [3.05, 3.63) is 29.3 Å². The molecule has 3 N–H and O–H groups in total. The van der Waals surface area contributed by atoms with E-state index in [-0.39, 0.29) is 24.2 Å². The molecule has 2 unspecified atom stereocenters. The molecule has 0 saturated carbocycles. The molecule has 7 nitrogen and oxygen atoms in total. The van der Waals surface area contributed by atoms with Crippen LogP contribution in [0, 0.1) is 0 Å². The van der Waals surface area contributed by atoms with Crippen molar-refractivity contribution < 1.29 is 34.4 Å². The topological polar surface area (TPSA) is 113 Å². The summed E-state index contributed by atoms with van der Waals surface area (Å²) in [5.41, 5.74) is 0.386. The van der Waals surface area contributed by atoms with Gasteiger partial charge in [0.1, 0.15) is 11.9 Å². The van der Waals surface area contributed by atoms with Crippen LogP contribution in [0.2, 0.25) is 0 Å². The van der Waals surface area contributed by atoms with Gasteiger partial charge in [0.15, 0.2) is 6.10 Å². The molecule has 1 aromatic carbocycles. The number of methoxy groups -OCH3 is 1. The van der Waals surface area contributed by atoms with E-state index in [1.165, 1.54) is 25.3 Å². The molecular weight excluding hydrogens is 280 g/mol. The van der Waals surface area contributed by atoms with E-state index in [0.29, 0.717) is 5.75 Å². The van der Waals surface area contributed by atoms with Gasteiger partial charge in [-0.2, -0.15) is 0 Å². The first-order valence-corrected chi connectivity index (χ1v) is 6.32. The molecule has 0 saturated heterocycles. The van der Waals surface area contributed by atoms with E-state index in [1.54, 1.807) is 6.92 Å². The average molecular weight is 298 g/mol. The monoisotopic (exact) mass is 298 g/mol. The number of aliphatic carboxylic acids is 1. The summed E-state index contributed by atoms with van der Waals surface area (Å²) in [6.07, 6.45) is -3.76. The molecule has 0 bridgehead atoms. The van der Waals surface area contributed by atoms with Crippen LogP contribution in [0.3, 0.4) is 0 Å². The molecule has 0 aliphatic carbocycles. The third kappa shape index (κ3) is 4.44. The second kappa shape index (κ2) is 7.61. The Labute approximate surface area is 121 Å². The van der Waals surface area contributed by atoms with Crippen molar-refractivity contribution in [1.82, 2.24) is 0 Å². The summed E-state index contributed by atoms with van der Waals surface area (Å²) in [7, 11) is 1.41. The lowest BCUT2D eigenvalue weighted by molar-refractivity contribution is -0.159. The highest BCUT2D eigenvalue weighted by Gasteiger charge is 2.29. The van der Waals surface area contributed by atoms with Crippen molar-refractivity contribution in [1.29, 1.82) is 0 Å². The number of carboxylic acid groups (broad SMARTS) is 1. The summed E-state index contributed by atoms with van der Waals surface area (Å²) in [6, 6.07) is 4.38. The highest BCUT2D eigenvalue weighted by Crippen LogP contribution is 2.27. The summed E-state index contributed by atoms with van der Waals surface area (Å²) >= 11 is 0. The minimum atomic E-state index is -1.80. The fraction of sp³-hybridized carbons (Fsp3) is 0.429. The maximum absolute atomic E-state index is 11.5. The van der Waals surface area contributed by atoms with Crippen LogP contribution in [0.1, 0.15) is 24.2 Å². The Hall–Kier alpha value is -2.12. The molecule has 0 spiro atoms. The lowest BCUT2D eigenvalue weighted by atomic mass is 9.96. The molecule has 0 aromatic heterocycles. The van der Waals surface area contributed by atoms with Gasteiger partial charge >= 0.3 is 11.9 Å². The van der Waals surface area contributed by atoms with E-state index in [1.807, 2.05) is 0 Å². The SMILES string of the molecule is CCOC(=O)C(O)C(O)c1cc(OC)ccc1CC(=O)O. The van der Waals surface area contributed by atoms with E-state index >= 15 is 0 Å². The first-order chi connectivity index (χ1) is 9.90. The Morgan fingerprint density at radius 1 is 1.29 bits per heavy atom. The number of hydrogen-bond donors (Lipinski definition) is 3. The lowest BCUT2D eigenvalue weighted by Crippen LogP contribution is -2.30. The minimum absolute atomic E-state index is 0.0582. The van der Waals surface area contributed by atoms with Crippen LogP contribution in [0.5, 0.6) is 5.75 Å². The predicted molar refractivity (Wildman–Crippen MR) is 71.9 cm³/mol. The van der Waals surface area contributed by atoms with E-state index in [4.69, 9.17) is 9.84 Å². The van der Waals surface area contributed by atoms with Gasteiger partial charge in [-0.05, 0) is 30.2 Å². The second-order valence-electron chi connectivity index (χ2n) is 4.28. The molecular formula is C14H18O7. The van der Waals surface area contributed by atoms with Crippen molar-refractivity contribution in [3.63, 3.8) is 0 Å². The Balaban J connectivity index is 3.12. The van der Waals surface area contributed by atoms with Crippen LogP contribution in [-0.2, 0) is 20.7 Å². The van der Waals surface area contributed by atoms with Gasteiger partial charge in [-0.25, -0.2) is 4.79 Å². The lowest BCUT2D eigenvalue weighted by Gasteiger charge is -2.20. The fourth-order valence-corrected chi connectivity index (χ4v) is 1.83. The molecule has 116 valence electrons. The van der Waals surface area contributed by atoms with E-state index < -0.39 is 24.1 Å². The van der Waals surface area contributed by atoms with Crippen molar-refractivity contribution in [3.8, 4) is 5.75 Å². The summed E-state index contributed by atoms with van der Waals surface area (Å²) in [6.45, 7) is 1.63. The molecule has 0 aliphatic heterocycles. The average Bonchev–Trinajstić information content (AvgIpc) is 2.45. The largest absolute Gasteiger partial charge is 0.497 e. The third-order valence-corrected chi connectivity index (χ3v) is 2.84. The molecule has 0 fully saturated rings. The number of esters is 1. The zero-order valence-electron chi connectivity index (χ0n) is 11.8. The van der Waals surface area contributed by atoms with Crippen LogP contribution in [0.15, 0.2) is 18.2 Å². The van der Waals surface area contributed by atoms with Crippen LogP contribution in [0.4, 0.5) is 0 Å². The quantitative estimate of drug-likeness (QED) is 0.619. The molecule has 0 radical (unpaired) electrons. The summed E-state index contributed by atoms with van der Waals surface area (Å²) in [5, 5.41) is 28.7. The number of aliphatic hydroxyl groups is 2. The maximum atomic E-state index is 11.5. The molecule has 1 aromatic rings. The van der Waals surface area contributed by atoms with Crippen molar-refractivity contribution >= 4 is 11.9 Å². The Kier molecular flexibility index (Phi) is 6.13. The van der Waals surface area contributed by atoms with Gasteiger partial charge in [-0.1, -0.05) is 6.07 Å². The highest BCUT2D eigenvalue weighted by molar-refractivity contribution is 5.76.